The lowest BCUT2D eigenvalue weighted by atomic mass is 10.1. The van der Waals surface area contributed by atoms with E-state index in [0.29, 0.717) is 5.41 Å². The van der Waals surface area contributed by atoms with Crippen molar-refractivity contribution in [1.29, 1.82) is 0 Å². The van der Waals surface area contributed by atoms with Gasteiger partial charge in [0.15, 0.2) is 0 Å². The van der Waals surface area contributed by atoms with Gasteiger partial charge in [-0.25, -0.2) is 4.98 Å². The first-order chi connectivity index (χ1) is 8.96. The molecule has 19 heavy (non-hydrogen) atoms. The van der Waals surface area contributed by atoms with Gasteiger partial charge in [0, 0.05) is 13.1 Å². The van der Waals surface area contributed by atoms with Crippen LogP contribution in [0.2, 0.25) is 19.6 Å². The summed E-state index contributed by atoms with van der Waals surface area (Å²) >= 11 is 0. The van der Waals surface area contributed by atoms with Gasteiger partial charge >= 0.3 is 0 Å². The SMILES string of the molecule is C[Si](C)(C)C#Cc1cncc(N2CCC3(CC3)C2)n1. The first-order valence-electron chi connectivity index (χ1n) is 7.06. The third kappa shape index (κ3) is 2.98. The molecule has 4 heteroatoms. The topological polar surface area (TPSA) is 29.0 Å². The first kappa shape index (κ1) is 12.7. The van der Waals surface area contributed by atoms with E-state index in [2.05, 4.69) is 46.0 Å². The third-order valence-corrected chi connectivity index (χ3v) is 4.78. The van der Waals surface area contributed by atoms with Crippen LogP contribution in [0.4, 0.5) is 5.82 Å². The average molecular weight is 271 g/mol. The summed E-state index contributed by atoms with van der Waals surface area (Å²) < 4.78 is 0. The molecule has 2 fully saturated rings. The standard InChI is InChI=1S/C15H21N3Si/c1-19(2,3)9-4-13-10-16-11-14(17-13)18-8-7-15(12-18)5-6-15/h10-11H,5-8,12H2,1-3H3. The fourth-order valence-corrected chi connectivity index (χ4v) is 3.04. The van der Waals surface area contributed by atoms with Crippen molar-refractivity contribution in [2.45, 2.75) is 38.9 Å². The molecule has 100 valence electrons. The monoisotopic (exact) mass is 271 g/mol. The Kier molecular flexibility index (Phi) is 2.90. The van der Waals surface area contributed by atoms with Gasteiger partial charge in [-0.1, -0.05) is 25.6 Å². The Bertz CT molecular complexity index is 546. The number of anilines is 1. The molecule has 0 atom stereocenters. The second kappa shape index (κ2) is 4.34. The molecule has 1 aromatic heterocycles. The van der Waals surface area contributed by atoms with Gasteiger partial charge in [0.25, 0.3) is 0 Å². The minimum absolute atomic E-state index is 0.627. The van der Waals surface area contributed by atoms with E-state index in [1.807, 2.05) is 6.20 Å². The van der Waals surface area contributed by atoms with E-state index >= 15 is 0 Å². The maximum atomic E-state index is 4.66. The van der Waals surface area contributed by atoms with Gasteiger partial charge in [0.1, 0.15) is 19.6 Å². The first-order valence-corrected chi connectivity index (χ1v) is 10.6. The Hall–Kier alpha value is -1.34. The molecule has 1 spiro atoms. The normalized spacial score (nSPS) is 20.3. The fourth-order valence-electron chi connectivity index (χ4n) is 2.54. The zero-order chi connectivity index (χ0) is 13.5. The largest absolute Gasteiger partial charge is 0.355 e. The predicted molar refractivity (Wildman–Crippen MR) is 80.8 cm³/mol. The summed E-state index contributed by atoms with van der Waals surface area (Å²) in [5.74, 6) is 4.20. The molecule has 1 aromatic rings. The van der Waals surface area contributed by atoms with E-state index in [4.69, 9.17) is 0 Å². The molecule has 2 heterocycles. The second-order valence-corrected chi connectivity index (χ2v) is 11.7. The van der Waals surface area contributed by atoms with Crippen molar-refractivity contribution in [2.24, 2.45) is 5.41 Å². The van der Waals surface area contributed by atoms with Crippen molar-refractivity contribution in [1.82, 2.24) is 9.97 Å². The summed E-state index contributed by atoms with van der Waals surface area (Å²) in [6.07, 6.45) is 7.76. The molecule has 1 aliphatic heterocycles. The molecular weight excluding hydrogens is 250 g/mol. The average Bonchev–Trinajstić information content (AvgIpc) is 2.96. The summed E-state index contributed by atoms with van der Waals surface area (Å²) in [5.41, 5.74) is 4.80. The van der Waals surface area contributed by atoms with Crippen LogP contribution >= 0.6 is 0 Å². The van der Waals surface area contributed by atoms with Crippen LogP contribution in [0.1, 0.15) is 25.0 Å². The Morgan fingerprint density at radius 3 is 2.63 bits per heavy atom. The van der Waals surface area contributed by atoms with Crippen LogP contribution in [-0.2, 0) is 0 Å². The molecular formula is C15H21N3Si. The minimum Gasteiger partial charge on any atom is -0.355 e. The number of hydrogen-bond donors (Lipinski definition) is 0. The number of rotatable bonds is 1. The zero-order valence-corrected chi connectivity index (χ0v) is 13.0. The smallest absolute Gasteiger partial charge is 0.148 e. The lowest BCUT2D eigenvalue weighted by Crippen LogP contribution is -2.21. The maximum absolute atomic E-state index is 4.66. The molecule has 0 bridgehead atoms. The fraction of sp³-hybridized carbons (Fsp3) is 0.600. The quantitative estimate of drug-likeness (QED) is 0.581. The van der Waals surface area contributed by atoms with Crippen LogP contribution in [0, 0.1) is 16.9 Å². The Morgan fingerprint density at radius 2 is 2.00 bits per heavy atom. The molecule has 0 aromatic carbocycles. The van der Waals surface area contributed by atoms with E-state index in [0.717, 1.165) is 24.6 Å². The third-order valence-electron chi connectivity index (χ3n) is 3.91. The minimum atomic E-state index is -1.34. The summed E-state index contributed by atoms with van der Waals surface area (Å²) in [4.78, 5) is 11.3. The highest BCUT2D eigenvalue weighted by atomic mass is 28.3. The summed E-state index contributed by atoms with van der Waals surface area (Å²) in [6, 6.07) is 0. The van der Waals surface area contributed by atoms with Gasteiger partial charge in [-0.2, -0.15) is 0 Å². The van der Waals surface area contributed by atoms with Crippen LogP contribution in [0.3, 0.4) is 0 Å². The Labute approximate surface area is 116 Å². The highest BCUT2D eigenvalue weighted by molar-refractivity contribution is 6.83. The van der Waals surface area contributed by atoms with Crippen LogP contribution in [0.15, 0.2) is 12.4 Å². The van der Waals surface area contributed by atoms with Crippen molar-refractivity contribution in [3.63, 3.8) is 0 Å². The lowest BCUT2D eigenvalue weighted by Gasteiger charge is -2.16. The molecule has 2 aliphatic rings. The van der Waals surface area contributed by atoms with Gasteiger partial charge < -0.3 is 4.90 Å². The number of aromatic nitrogens is 2. The van der Waals surface area contributed by atoms with Crippen molar-refractivity contribution < 1.29 is 0 Å². The maximum Gasteiger partial charge on any atom is 0.148 e. The van der Waals surface area contributed by atoms with E-state index < -0.39 is 8.07 Å². The molecule has 1 saturated heterocycles. The molecule has 1 aliphatic carbocycles. The highest BCUT2D eigenvalue weighted by Crippen LogP contribution is 2.53. The molecule has 0 amide bonds. The molecule has 3 nitrogen and oxygen atoms in total. The van der Waals surface area contributed by atoms with Crippen LogP contribution in [0.5, 0.6) is 0 Å². The molecule has 0 N–H and O–H groups in total. The van der Waals surface area contributed by atoms with Crippen molar-refractivity contribution in [3.05, 3.63) is 18.1 Å². The molecule has 3 rings (SSSR count). The molecule has 0 unspecified atom stereocenters. The van der Waals surface area contributed by atoms with Gasteiger partial charge in [-0.05, 0) is 24.7 Å². The van der Waals surface area contributed by atoms with Gasteiger partial charge in [0.05, 0.1) is 12.4 Å². The Morgan fingerprint density at radius 1 is 1.21 bits per heavy atom. The molecule has 1 saturated carbocycles. The number of nitrogens with zero attached hydrogens (tertiary/aromatic N) is 3. The van der Waals surface area contributed by atoms with Crippen molar-refractivity contribution in [3.8, 4) is 11.5 Å². The summed E-state index contributed by atoms with van der Waals surface area (Å²) in [5, 5.41) is 0. The lowest BCUT2D eigenvalue weighted by molar-refractivity contribution is 0.580. The van der Waals surface area contributed by atoms with E-state index in [1.165, 1.54) is 19.3 Å². The van der Waals surface area contributed by atoms with E-state index in [9.17, 15) is 0 Å². The zero-order valence-electron chi connectivity index (χ0n) is 12.0. The van der Waals surface area contributed by atoms with Crippen molar-refractivity contribution in [2.75, 3.05) is 18.0 Å². The van der Waals surface area contributed by atoms with Crippen LogP contribution in [0.25, 0.3) is 0 Å². The Balaban J connectivity index is 1.78. The van der Waals surface area contributed by atoms with Crippen LogP contribution < -0.4 is 4.90 Å². The van der Waals surface area contributed by atoms with Crippen molar-refractivity contribution >= 4 is 13.9 Å². The van der Waals surface area contributed by atoms with Gasteiger partial charge in [0.2, 0.25) is 0 Å². The van der Waals surface area contributed by atoms with Crippen LogP contribution in [-0.4, -0.2) is 31.1 Å². The van der Waals surface area contributed by atoms with E-state index in [1.54, 1.807) is 6.20 Å². The molecule has 0 radical (unpaired) electrons. The van der Waals surface area contributed by atoms with Gasteiger partial charge in [-0.3, -0.25) is 4.98 Å². The summed E-state index contributed by atoms with van der Waals surface area (Å²) in [6.45, 7) is 9.02. The second-order valence-electron chi connectivity index (χ2n) is 6.93. The summed E-state index contributed by atoms with van der Waals surface area (Å²) in [7, 11) is -1.34. The predicted octanol–water partition coefficient (Wildman–Crippen LogP) is 2.70. The number of hydrogen-bond acceptors (Lipinski definition) is 3. The van der Waals surface area contributed by atoms with E-state index in [-0.39, 0.29) is 0 Å². The van der Waals surface area contributed by atoms with Gasteiger partial charge in [-0.15, -0.1) is 5.54 Å². The highest BCUT2D eigenvalue weighted by Gasteiger charge is 2.47.